The fraction of sp³-hybridized carbons (Fsp3) is 0.692. The summed E-state index contributed by atoms with van der Waals surface area (Å²) < 4.78 is 39.1. The number of rotatable bonds is 9. The average Bonchev–Trinajstić information content (AvgIpc) is 3.81. The molecule has 202 valence electrons. The number of piperazine rings is 1. The molecule has 4 atom stereocenters. The molecule has 2 unspecified atom stereocenters. The third-order valence-corrected chi connectivity index (χ3v) is 10.2. The molecule has 2 saturated carbocycles. The summed E-state index contributed by atoms with van der Waals surface area (Å²) in [5.74, 6) is 1.97. The van der Waals surface area contributed by atoms with E-state index in [0.29, 0.717) is 41.1 Å². The Balaban J connectivity index is 0.000000195. The fourth-order valence-electron chi connectivity index (χ4n) is 5.77. The Morgan fingerprint density at radius 2 is 1.86 bits per heavy atom. The van der Waals surface area contributed by atoms with Crippen molar-refractivity contribution >= 4 is 28.0 Å². The quantitative estimate of drug-likeness (QED) is 0.360. The Morgan fingerprint density at radius 1 is 1.14 bits per heavy atom. The van der Waals surface area contributed by atoms with Crippen molar-refractivity contribution in [3.63, 3.8) is 0 Å². The molecule has 2 bridgehead atoms. The number of nitrogens with zero attached hydrogens (tertiary/aromatic N) is 3. The van der Waals surface area contributed by atoms with E-state index in [0.717, 1.165) is 51.9 Å². The van der Waals surface area contributed by atoms with Gasteiger partial charge in [-0.2, -0.15) is 6.41 Å². The zero-order valence-corrected chi connectivity index (χ0v) is 27.1. The number of hydrogen-bond donors (Lipinski definition) is 0. The average molecular weight is 776 g/mol. The zero-order chi connectivity index (χ0) is 25.3. The topological polar surface area (TPSA) is 79.4 Å². The molecule has 6 rings (SSSR count). The van der Waals surface area contributed by atoms with Gasteiger partial charge in [0.1, 0.15) is 0 Å². The Morgan fingerprint density at radius 3 is 2.43 bits per heavy atom. The summed E-state index contributed by atoms with van der Waals surface area (Å²) in [4.78, 5) is 15.0. The molecule has 0 aromatic heterocycles. The molecule has 3 heterocycles. The molecule has 1 amide bonds. The van der Waals surface area contributed by atoms with Gasteiger partial charge in [-0.05, 0) is 43.0 Å². The Hall–Kier alpha value is -0.178. The SMILES string of the molecule is COCCN1CC2CC1CN2[C-]=O.O=S(=O)(c1ccc(Cl)cc1)N1[C@H](CC2CC2)COC[C@@H]1[C-]1CC1.[U+2]. The first-order chi connectivity index (χ1) is 17.4. The summed E-state index contributed by atoms with van der Waals surface area (Å²) >= 11 is 5.91. The van der Waals surface area contributed by atoms with E-state index in [-0.39, 0.29) is 43.2 Å². The summed E-state index contributed by atoms with van der Waals surface area (Å²) in [5.41, 5.74) is 0. The van der Waals surface area contributed by atoms with Crippen molar-refractivity contribution in [3.05, 3.63) is 35.2 Å². The van der Waals surface area contributed by atoms with Crippen molar-refractivity contribution in [2.75, 3.05) is 46.6 Å². The van der Waals surface area contributed by atoms with Crippen molar-refractivity contribution in [3.8, 4) is 0 Å². The van der Waals surface area contributed by atoms with Crippen molar-refractivity contribution in [2.45, 2.75) is 67.6 Å². The summed E-state index contributed by atoms with van der Waals surface area (Å²) in [6.07, 6.45) is 8.51. The number of morpholine rings is 1. The first-order valence-electron chi connectivity index (χ1n) is 13.0. The minimum absolute atomic E-state index is 0. The predicted molar refractivity (Wildman–Crippen MR) is 137 cm³/mol. The first kappa shape index (κ1) is 29.8. The Kier molecular flexibility index (Phi) is 10.5. The molecular weight excluding hydrogens is 740 g/mol. The number of fused-ring (bicyclic) bond motifs is 2. The van der Waals surface area contributed by atoms with Crippen LogP contribution in [-0.4, -0.2) is 99.7 Å². The van der Waals surface area contributed by atoms with E-state index in [1.807, 2.05) is 6.41 Å². The van der Waals surface area contributed by atoms with Crippen LogP contribution in [0.3, 0.4) is 0 Å². The number of hydrogen-bond acceptors (Lipinski definition) is 6. The van der Waals surface area contributed by atoms with Gasteiger partial charge in [-0.3, -0.25) is 10.8 Å². The third kappa shape index (κ3) is 7.13. The molecule has 0 N–H and O–H groups in total. The van der Waals surface area contributed by atoms with Gasteiger partial charge in [0.25, 0.3) is 0 Å². The van der Waals surface area contributed by atoms with Crippen LogP contribution in [0, 0.1) is 42.9 Å². The summed E-state index contributed by atoms with van der Waals surface area (Å²) in [6.45, 7) is 4.63. The van der Waals surface area contributed by atoms with E-state index in [1.165, 1.54) is 18.8 Å². The van der Waals surface area contributed by atoms with Crippen LogP contribution in [0.25, 0.3) is 0 Å². The van der Waals surface area contributed by atoms with Gasteiger partial charge in [0.15, 0.2) is 0 Å². The van der Waals surface area contributed by atoms with E-state index in [2.05, 4.69) is 4.90 Å². The maximum atomic E-state index is 13.3. The normalized spacial score (nSPS) is 29.9. The Bertz CT molecular complexity index is 1010. The minimum Gasteiger partial charge on any atom is -0.520 e. The number of carbonyl (C=O) groups excluding carboxylic acids is 1. The second-order valence-corrected chi connectivity index (χ2v) is 12.9. The molecule has 11 heteroatoms. The van der Waals surface area contributed by atoms with Crippen molar-refractivity contribution < 1.29 is 53.8 Å². The van der Waals surface area contributed by atoms with E-state index < -0.39 is 10.0 Å². The van der Waals surface area contributed by atoms with Gasteiger partial charge in [-0.15, -0.1) is 0 Å². The number of sulfonamides is 1. The van der Waals surface area contributed by atoms with Gasteiger partial charge < -0.3 is 19.2 Å². The molecule has 0 spiro atoms. The number of benzene rings is 1. The van der Waals surface area contributed by atoms with Crippen molar-refractivity contribution in [1.82, 2.24) is 14.1 Å². The molecular formula is C26H36ClN3O5SU. The molecule has 0 radical (unpaired) electrons. The van der Waals surface area contributed by atoms with Crippen LogP contribution >= 0.6 is 11.6 Å². The number of ether oxygens (including phenoxy) is 2. The van der Waals surface area contributed by atoms with Crippen LogP contribution in [0.4, 0.5) is 0 Å². The van der Waals surface area contributed by atoms with Crippen LogP contribution in [0.15, 0.2) is 29.2 Å². The van der Waals surface area contributed by atoms with Crippen LogP contribution in [0.2, 0.25) is 5.02 Å². The standard InChI is InChI=1S/C17H21ClNO3S.C9H15N2O2.U/c18-14-5-7-16(8-6-14)23(20,21)19-15(9-12-1-2-12)10-22-11-17(19)13-3-4-13;1-13-3-2-10-5-9-4-8(10)6-11(9)7-12;/h5-8,12,15,17H,1-4,9-11H2;8-9H,2-6H2,1H3;/q2*-1;+2/t15-,17-;;/m1../s1. The maximum absolute atomic E-state index is 13.3. The molecule has 1 aromatic rings. The Labute approximate surface area is 249 Å². The first-order valence-corrected chi connectivity index (χ1v) is 14.8. The van der Waals surface area contributed by atoms with Gasteiger partial charge in [-0.25, -0.2) is 25.6 Å². The molecule has 8 nitrogen and oxygen atoms in total. The maximum Gasteiger partial charge on any atom is 2.00 e. The van der Waals surface area contributed by atoms with E-state index in [4.69, 9.17) is 21.1 Å². The van der Waals surface area contributed by atoms with Gasteiger partial charge in [-0.1, -0.05) is 30.5 Å². The van der Waals surface area contributed by atoms with Crippen molar-refractivity contribution in [2.24, 2.45) is 5.92 Å². The smallest absolute Gasteiger partial charge is 0.520 e. The van der Waals surface area contributed by atoms with Gasteiger partial charge >= 0.3 is 31.1 Å². The van der Waals surface area contributed by atoms with Crippen molar-refractivity contribution in [1.29, 1.82) is 0 Å². The number of amides is 1. The zero-order valence-electron chi connectivity index (χ0n) is 21.4. The van der Waals surface area contributed by atoms with Crippen LogP contribution < -0.4 is 0 Å². The van der Waals surface area contributed by atoms with E-state index in [9.17, 15) is 13.2 Å². The van der Waals surface area contributed by atoms with Gasteiger partial charge in [0.2, 0.25) is 10.0 Å². The molecule has 5 fully saturated rings. The van der Waals surface area contributed by atoms with Crippen LogP contribution in [0.5, 0.6) is 0 Å². The van der Waals surface area contributed by atoms with E-state index >= 15 is 0 Å². The van der Waals surface area contributed by atoms with E-state index in [1.54, 1.807) is 40.6 Å². The van der Waals surface area contributed by atoms with Gasteiger partial charge in [0, 0.05) is 56.5 Å². The number of methoxy groups -OCH3 is 1. The minimum atomic E-state index is -3.53. The number of halogens is 1. The molecule has 37 heavy (non-hydrogen) atoms. The molecule has 3 aliphatic heterocycles. The molecule has 3 saturated heterocycles. The molecule has 2 aliphatic carbocycles. The summed E-state index contributed by atoms with van der Waals surface area (Å²) in [7, 11) is -1.80. The molecule has 5 aliphatic rings. The molecule has 1 aromatic carbocycles. The second-order valence-electron chi connectivity index (χ2n) is 10.6. The third-order valence-electron chi connectivity index (χ3n) is 8.01. The fourth-order valence-corrected chi connectivity index (χ4v) is 7.70. The number of likely N-dealkylation sites (tertiary alicyclic amines) is 2. The summed E-state index contributed by atoms with van der Waals surface area (Å²) in [6, 6.07) is 7.34. The van der Waals surface area contributed by atoms with Crippen LogP contribution in [0.1, 0.15) is 38.5 Å². The largest absolute Gasteiger partial charge is 2.00 e. The predicted octanol–water partition coefficient (Wildman–Crippen LogP) is 2.72. The second kappa shape index (κ2) is 13.0. The summed E-state index contributed by atoms with van der Waals surface area (Å²) in [5, 5.41) is 0.550. The van der Waals surface area contributed by atoms with Crippen LogP contribution in [-0.2, 0) is 24.3 Å². The monoisotopic (exact) mass is 775 g/mol. The van der Waals surface area contributed by atoms with Gasteiger partial charge in [0.05, 0.1) is 18.1 Å².